The second-order valence-corrected chi connectivity index (χ2v) is 3.71. The number of amides is 2. The van der Waals surface area contributed by atoms with E-state index in [0.717, 1.165) is 0 Å². The van der Waals surface area contributed by atoms with Gasteiger partial charge in [-0.25, -0.2) is 4.79 Å². The van der Waals surface area contributed by atoms with Crippen molar-refractivity contribution in [3.63, 3.8) is 0 Å². The first kappa shape index (κ1) is 13.3. The topological polar surface area (TPSA) is 69.6 Å². The zero-order chi connectivity index (χ0) is 12.8. The Morgan fingerprint density at radius 2 is 2.29 bits per heavy atom. The van der Waals surface area contributed by atoms with Crippen LogP contribution in [0.5, 0.6) is 5.75 Å². The summed E-state index contributed by atoms with van der Waals surface area (Å²) in [7, 11) is 1.48. The van der Waals surface area contributed by atoms with E-state index in [0.29, 0.717) is 17.0 Å². The number of carbonyl (C=O) groups is 2. The van der Waals surface area contributed by atoms with E-state index in [-0.39, 0.29) is 24.7 Å². The van der Waals surface area contributed by atoms with Crippen molar-refractivity contribution in [3.8, 4) is 5.75 Å². The quantitative estimate of drug-likeness (QED) is 0.807. The molecule has 0 aliphatic heterocycles. The highest BCUT2D eigenvalue weighted by Crippen LogP contribution is 2.29. The highest BCUT2D eigenvalue weighted by Gasteiger charge is 2.17. The average molecular weight is 257 g/mol. The number of nitrogens with one attached hydrogen (secondary N) is 1. The summed E-state index contributed by atoms with van der Waals surface area (Å²) in [6.45, 7) is 0.201. The van der Waals surface area contributed by atoms with Gasteiger partial charge in [-0.05, 0) is 12.1 Å². The number of nitrogens with zero attached hydrogens (tertiary/aromatic N) is 1. The lowest BCUT2D eigenvalue weighted by Gasteiger charge is -2.22. The first-order chi connectivity index (χ1) is 8.10. The maximum Gasteiger partial charge on any atom is 0.321 e. The van der Waals surface area contributed by atoms with Crippen LogP contribution in [-0.4, -0.2) is 31.0 Å². The summed E-state index contributed by atoms with van der Waals surface area (Å²) in [6.07, 6.45) is 0.909. The van der Waals surface area contributed by atoms with Gasteiger partial charge in [0.25, 0.3) is 0 Å². The van der Waals surface area contributed by atoms with Crippen molar-refractivity contribution in [2.24, 2.45) is 0 Å². The number of carbonyl (C=O) groups excluding carboxylic acids is 2. The Bertz CT molecular complexity index is 423. The SMILES string of the molecule is CNC(=O)N(CCC=O)c1cc(O)ccc1Cl. The number of aromatic hydroxyl groups is 1. The van der Waals surface area contributed by atoms with Crippen LogP contribution in [0.15, 0.2) is 18.2 Å². The number of urea groups is 1. The van der Waals surface area contributed by atoms with Crippen LogP contribution >= 0.6 is 11.6 Å². The number of benzene rings is 1. The van der Waals surface area contributed by atoms with Crippen molar-refractivity contribution in [2.45, 2.75) is 6.42 Å². The second-order valence-electron chi connectivity index (χ2n) is 3.30. The molecule has 0 saturated heterocycles. The molecule has 92 valence electrons. The van der Waals surface area contributed by atoms with Gasteiger partial charge in [-0.3, -0.25) is 4.90 Å². The first-order valence-electron chi connectivity index (χ1n) is 5.01. The molecule has 0 bridgehead atoms. The summed E-state index contributed by atoms with van der Waals surface area (Å²) < 4.78 is 0. The number of hydrogen-bond acceptors (Lipinski definition) is 3. The molecule has 0 radical (unpaired) electrons. The number of rotatable bonds is 4. The highest BCUT2D eigenvalue weighted by atomic mass is 35.5. The highest BCUT2D eigenvalue weighted by molar-refractivity contribution is 6.33. The fourth-order valence-corrected chi connectivity index (χ4v) is 1.58. The molecule has 0 aromatic heterocycles. The van der Waals surface area contributed by atoms with Gasteiger partial charge < -0.3 is 15.2 Å². The third-order valence-corrected chi connectivity index (χ3v) is 2.47. The van der Waals surface area contributed by atoms with Crippen LogP contribution in [0.1, 0.15) is 6.42 Å². The molecular formula is C11H13ClN2O3. The van der Waals surface area contributed by atoms with E-state index in [2.05, 4.69) is 5.32 Å². The van der Waals surface area contributed by atoms with Crippen molar-refractivity contribution in [2.75, 3.05) is 18.5 Å². The Morgan fingerprint density at radius 3 is 2.88 bits per heavy atom. The zero-order valence-electron chi connectivity index (χ0n) is 9.31. The van der Waals surface area contributed by atoms with Gasteiger partial charge >= 0.3 is 6.03 Å². The molecule has 17 heavy (non-hydrogen) atoms. The normalized spacial score (nSPS) is 9.76. The molecule has 0 heterocycles. The van der Waals surface area contributed by atoms with Crippen LogP contribution in [0.3, 0.4) is 0 Å². The molecule has 0 unspecified atom stereocenters. The van der Waals surface area contributed by atoms with Gasteiger partial charge in [-0.15, -0.1) is 0 Å². The molecule has 0 atom stereocenters. The molecule has 1 aromatic rings. The predicted molar refractivity (Wildman–Crippen MR) is 65.6 cm³/mol. The summed E-state index contributed by atoms with van der Waals surface area (Å²) in [5, 5.41) is 12.2. The summed E-state index contributed by atoms with van der Waals surface area (Å²) in [5.41, 5.74) is 0.368. The molecule has 2 amide bonds. The lowest BCUT2D eigenvalue weighted by atomic mass is 10.2. The van der Waals surface area contributed by atoms with Gasteiger partial charge in [-0.1, -0.05) is 11.6 Å². The number of phenolic OH excluding ortho intramolecular Hbond substituents is 1. The zero-order valence-corrected chi connectivity index (χ0v) is 10.1. The first-order valence-corrected chi connectivity index (χ1v) is 5.39. The van der Waals surface area contributed by atoms with E-state index < -0.39 is 0 Å². The minimum absolute atomic E-state index is 0.00408. The molecule has 0 spiro atoms. The Kier molecular flexibility index (Phi) is 4.78. The average Bonchev–Trinajstić information content (AvgIpc) is 2.33. The fourth-order valence-electron chi connectivity index (χ4n) is 1.36. The second kappa shape index (κ2) is 6.10. The van der Waals surface area contributed by atoms with E-state index in [1.165, 1.54) is 30.1 Å². The monoisotopic (exact) mass is 256 g/mol. The minimum atomic E-state index is -0.389. The van der Waals surface area contributed by atoms with E-state index >= 15 is 0 Å². The minimum Gasteiger partial charge on any atom is -0.508 e. The summed E-state index contributed by atoms with van der Waals surface area (Å²) in [6, 6.07) is 3.90. The van der Waals surface area contributed by atoms with E-state index in [1.807, 2.05) is 0 Å². The van der Waals surface area contributed by atoms with E-state index in [4.69, 9.17) is 11.6 Å². The number of halogens is 1. The number of hydrogen-bond donors (Lipinski definition) is 2. The maximum atomic E-state index is 11.6. The molecule has 5 nitrogen and oxygen atoms in total. The molecule has 0 aliphatic carbocycles. The number of aldehydes is 1. The summed E-state index contributed by atoms with van der Waals surface area (Å²) in [5.74, 6) is 0.00408. The van der Waals surface area contributed by atoms with Crippen molar-refractivity contribution in [1.29, 1.82) is 0 Å². The Morgan fingerprint density at radius 1 is 1.59 bits per heavy atom. The molecule has 1 aromatic carbocycles. The molecule has 0 fully saturated rings. The van der Waals surface area contributed by atoms with Crippen molar-refractivity contribution in [1.82, 2.24) is 5.32 Å². The van der Waals surface area contributed by atoms with Crippen LogP contribution in [0.4, 0.5) is 10.5 Å². The van der Waals surface area contributed by atoms with E-state index in [1.54, 1.807) is 0 Å². The maximum absolute atomic E-state index is 11.6. The predicted octanol–water partition coefficient (Wildman–Crippen LogP) is 1.78. The number of anilines is 1. The van der Waals surface area contributed by atoms with Crippen LogP contribution in [-0.2, 0) is 4.79 Å². The summed E-state index contributed by atoms with van der Waals surface area (Å²) in [4.78, 5) is 23.3. The molecule has 0 aliphatic rings. The lowest BCUT2D eigenvalue weighted by Crippen LogP contribution is -2.39. The third-order valence-electron chi connectivity index (χ3n) is 2.15. The van der Waals surface area contributed by atoms with Crippen molar-refractivity contribution in [3.05, 3.63) is 23.2 Å². The van der Waals surface area contributed by atoms with Crippen LogP contribution in [0, 0.1) is 0 Å². The van der Waals surface area contributed by atoms with Crippen LogP contribution in [0.25, 0.3) is 0 Å². The van der Waals surface area contributed by atoms with Crippen LogP contribution < -0.4 is 10.2 Å². The van der Waals surface area contributed by atoms with Gasteiger partial charge in [0.1, 0.15) is 12.0 Å². The standard InChI is InChI=1S/C11H13ClN2O3/c1-13-11(17)14(5-2-6-15)10-7-8(16)3-4-9(10)12/h3-4,6-7,16H,2,5H2,1H3,(H,13,17). The lowest BCUT2D eigenvalue weighted by molar-refractivity contribution is -0.107. The molecule has 2 N–H and O–H groups in total. The van der Waals surface area contributed by atoms with E-state index in [9.17, 15) is 14.7 Å². The third kappa shape index (κ3) is 3.35. The van der Waals surface area contributed by atoms with Crippen molar-refractivity contribution < 1.29 is 14.7 Å². The summed E-state index contributed by atoms with van der Waals surface area (Å²) >= 11 is 5.95. The fraction of sp³-hybridized carbons (Fsp3) is 0.273. The Balaban J connectivity index is 3.06. The molecule has 6 heteroatoms. The van der Waals surface area contributed by atoms with Crippen LogP contribution in [0.2, 0.25) is 5.02 Å². The largest absolute Gasteiger partial charge is 0.508 e. The van der Waals surface area contributed by atoms with Gasteiger partial charge in [-0.2, -0.15) is 0 Å². The smallest absolute Gasteiger partial charge is 0.321 e. The van der Waals surface area contributed by atoms with Gasteiger partial charge in [0.2, 0.25) is 0 Å². The molecule has 1 rings (SSSR count). The van der Waals surface area contributed by atoms with Gasteiger partial charge in [0.15, 0.2) is 0 Å². The Labute approximate surface area is 104 Å². The number of phenols is 1. The van der Waals surface area contributed by atoms with Crippen molar-refractivity contribution >= 4 is 29.6 Å². The molecular weight excluding hydrogens is 244 g/mol. The molecule has 0 saturated carbocycles. The van der Waals surface area contributed by atoms with Gasteiger partial charge in [0.05, 0.1) is 10.7 Å². The Hall–Kier alpha value is -1.75. The van der Waals surface area contributed by atoms with Gasteiger partial charge in [0, 0.05) is 26.1 Å².